The molecule has 0 radical (unpaired) electrons. The van der Waals surface area contributed by atoms with E-state index in [0.29, 0.717) is 13.0 Å². The molecule has 0 saturated carbocycles. The molecule has 1 N–H and O–H groups in total. The minimum Gasteiger partial charge on any atom is -0.497 e. The van der Waals surface area contributed by atoms with Crippen molar-refractivity contribution in [1.29, 1.82) is 0 Å². The molecule has 0 spiro atoms. The first kappa shape index (κ1) is 13.8. The third-order valence-corrected chi connectivity index (χ3v) is 2.68. The topological polar surface area (TPSA) is 47.6 Å². The lowest BCUT2D eigenvalue weighted by Crippen LogP contribution is -2.06. The maximum absolute atomic E-state index is 10.9. The zero-order valence-electron chi connectivity index (χ0n) is 9.96. The monoisotopic (exact) mass is 301 g/mol. The zero-order chi connectivity index (χ0) is 12.7. The first-order chi connectivity index (χ1) is 8.15. The first-order valence-electron chi connectivity index (χ1n) is 5.31. The van der Waals surface area contributed by atoms with Crippen LogP contribution >= 0.6 is 15.9 Å². The summed E-state index contributed by atoms with van der Waals surface area (Å²) in [6.45, 7) is 0.717. The number of anilines is 1. The van der Waals surface area contributed by atoms with Crippen molar-refractivity contribution in [2.75, 3.05) is 26.1 Å². The van der Waals surface area contributed by atoms with Gasteiger partial charge in [0.15, 0.2) is 0 Å². The quantitative estimate of drug-likeness (QED) is 0.648. The number of benzene rings is 1. The van der Waals surface area contributed by atoms with Crippen molar-refractivity contribution in [1.82, 2.24) is 0 Å². The van der Waals surface area contributed by atoms with E-state index in [-0.39, 0.29) is 5.97 Å². The van der Waals surface area contributed by atoms with Gasteiger partial charge in [0.1, 0.15) is 5.75 Å². The van der Waals surface area contributed by atoms with Crippen LogP contribution < -0.4 is 10.1 Å². The Hall–Kier alpha value is -1.23. The molecule has 0 fully saturated rings. The molecular weight excluding hydrogens is 286 g/mol. The van der Waals surface area contributed by atoms with Gasteiger partial charge in [-0.05, 0) is 18.6 Å². The van der Waals surface area contributed by atoms with Crippen molar-refractivity contribution in [3.8, 4) is 5.75 Å². The molecule has 0 aliphatic rings. The second kappa shape index (κ2) is 7.17. The van der Waals surface area contributed by atoms with Crippen molar-refractivity contribution in [3.05, 3.63) is 22.7 Å². The van der Waals surface area contributed by atoms with Crippen molar-refractivity contribution in [2.24, 2.45) is 0 Å². The summed E-state index contributed by atoms with van der Waals surface area (Å²) in [4.78, 5) is 10.9. The lowest BCUT2D eigenvalue weighted by Gasteiger charge is -2.08. The van der Waals surface area contributed by atoms with Crippen LogP contribution in [0.2, 0.25) is 0 Å². The molecule has 0 bridgehead atoms. The second-order valence-corrected chi connectivity index (χ2v) is 4.40. The Labute approximate surface area is 109 Å². The van der Waals surface area contributed by atoms with Gasteiger partial charge in [-0.25, -0.2) is 0 Å². The van der Waals surface area contributed by atoms with E-state index in [9.17, 15) is 4.79 Å². The van der Waals surface area contributed by atoms with E-state index in [1.165, 1.54) is 7.11 Å². The van der Waals surface area contributed by atoms with Gasteiger partial charge in [0.25, 0.3) is 0 Å². The summed E-state index contributed by atoms with van der Waals surface area (Å²) in [5.41, 5.74) is 0.959. The summed E-state index contributed by atoms with van der Waals surface area (Å²) in [5, 5.41) is 3.22. The zero-order valence-corrected chi connectivity index (χ0v) is 11.5. The van der Waals surface area contributed by atoms with Crippen LogP contribution in [0.15, 0.2) is 22.7 Å². The number of halogens is 1. The average Bonchev–Trinajstić information content (AvgIpc) is 2.33. The summed E-state index contributed by atoms with van der Waals surface area (Å²) < 4.78 is 10.7. The standard InChI is InChI=1S/C12H16BrNO3/c1-16-11-7-9(13)6-10(8-11)14-5-3-4-12(15)17-2/h6-8,14H,3-5H2,1-2H3. The Morgan fingerprint density at radius 2 is 2.12 bits per heavy atom. The van der Waals surface area contributed by atoms with E-state index in [1.54, 1.807) is 7.11 Å². The highest BCUT2D eigenvalue weighted by Crippen LogP contribution is 2.24. The summed E-state index contributed by atoms with van der Waals surface area (Å²) in [7, 11) is 3.03. The van der Waals surface area contributed by atoms with E-state index in [4.69, 9.17) is 4.74 Å². The number of carbonyl (C=O) groups is 1. The molecule has 0 amide bonds. The number of hydrogen-bond donors (Lipinski definition) is 1. The third kappa shape index (κ3) is 5.08. The minimum atomic E-state index is -0.182. The fourth-order valence-electron chi connectivity index (χ4n) is 1.35. The fraction of sp³-hybridized carbons (Fsp3) is 0.417. The highest BCUT2D eigenvalue weighted by atomic mass is 79.9. The van der Waals surface area contributed by atoms with Gasteiger partial charge in [-0.15, -0.1) is 0 Å². The van der Waals surface area contributed by atoms with Gasteiger partial charge in [0.2, 0.25) is 0 Å². The van der Waals surface area contributed by atoms with Crippen LogP contribution in [0.1, 0.15) is 12.8 Å². The molecule has 0 heterocycles. The molecule has 94 valence electrons. The highest BCUT2D eigenvalue weighted by Gasteiger charge is 2.01. The minimum absolute atomic E-state index is 0.182. The normalized spacial score (nSPS) is 9.82. The molecule has 0 atom stereocenters. The summed E-state index contributed by atoms with van der Waals surface area (Å²) in [6, 6.07) is 5.75. The van der Waals surface area contributed by atoms with Gasteiger partial charge in [-0.1, -0.05) is 15.9 Å². The largest absolute Gasteiger partial charge is 0.497 e. The number of carbonyl (C=O) groups excluding carboxylic acids is 1. The molecular formula is C12H16BrNO3. The lowest BCUT2D eigenvalue weighted by atomic mass is 10.2. The third-order valence-electron chi connectivity index (χ3n) is 2.22. The van der Waals surface area contributed by atoms with Crippen LogP contribution in [0.3, 0.4) is 0 Å². The van der Waals surface area contributed by atoms with Crippen LogP contribution in [0.4, 0.5) is 5.69 Å². The van der Waals surface area contributed by atoms with Gasteiger partial charge >= 0.3 is 5.97 Å². The van der Waals surface area contributed by atoms with E-state index >= 15 is 0 Å². The summed E-state index contributed by atoms with van der Waals surface area (Å²) in [6.07, 6.45) is 1.16. The number of rotatable bonds is 6. The number of hydrogen-bond acceptors (Lipinski definition) is 4. The van der Waals surface area contributed by atoms with Gasteiger partial charge < -0.3 is 14.8 Å². The molecule has 5 heteroatoms. The molecule has 0 aliphatic carbocycles. The molecule has 0 aromatic heterocycles. The van der Waals surface area contributed by atoms with Gasteiger partial charge in [0.05, 0.1) is 14.2 Å². The van der Waals surface area contributed by atoms with Gasteiger partial charge in [-0.2, -0.15) is 0 Å². The van der Waals surface area contributed by atoms with Crippen LogP contribution in [-0.2, 0) is 9.53 Å². The number of esters is 1. The number of nitrogens with one attached hydrogen (secondary N) is 1. The Kier molecular flexibility index (Phi) is 5.83. The SMILES string of the molecule is COC(=O)CCCNc1cc(Br)cc(OC)c1. The van der Waals surface area contributed by atoms with Crippen molar-refractivity contribution >= 4 is 27.6 Å². The number of methoxy groups -OCH3 is 2. The maximum atomic E-state index is 10.9. The average molecular weight is 302 g/mol. The summed E-state index contributed by atoms with van der Waals surface area (Å²) >= 11 is 3.40. The van der Waals surface area contributed by atoms with Gasteiger partial charge in [0, 0.05) is 29.2 Å². The predicted octanol–water partition coefficient (Wildman–Crippen LogP) is 2.82. The van der Waals surface area contributed by atoms with Crippen LogP contribution in [0.5, 0.6) is 5.75 Å². The van der Waals surface area contributed by atoms with E-state index in [2.05, 4.69) is 26.0 Å². The second-order valence-electron chi connectivity index (χ2n) is 3.49. The first-order valence-corrected chi connectivity index (χ1v) is 6.10. The molecule has 1 rings (SSSR count). The van der Waals surface area contributed by atoms with Crippen LogP contribution in [0, 0.1) is 0 Å². The van der Waals surface area contributed by atoms with Crippen molar-refractivity contribution in [3.63, 3.8) is 0 Å². The summed E-state index contributed by atoms with van der Waals surface area (Å²) in [5.74, 6) is 0.605. The Morgan fingerprint density at radius 3 is 2.76 bits per heavy atom. The molecule has 0 unspecified atom stereocenters. The fourth-order valence-corrected chi connectivity index (χ4v) is 1.82. The highest BCUT2D eigenvalue weighted by molar-refractivity contribution is 9.10. The van der Waals surface area contributed by atoms with Crippen molar-refractivity contribution < 1.29 is 14.3 Å². The van der Waals surface area contributed by atoms with Crippen LogP contribution in [-0.4, -0.2) is 26.7 Å². The maximum Gasteiger partial charge on any atom is 0.305 e. The molecule has 17 heavy (non-hydrogen) atoms. The molecule has 0 aliphatic heterocycles. The van der Waals surface area contributed by atoms with E-state index in [0.717, 1.165) is 22.3 Å². The smallest absolute Gasteiger partial charge is 0.305 e. The number of ether oxygens (including phenoxy) is 2. The van der Waals surface area contributed by atoms with E-state index in [1.807, 2.05) is 18.2 Å². The lowest BCUT2D eigenvalue weighted by molar-refractivity contribution is -0.140. The molecule has 1 aromatic carbocycles. The van der Waals surface area contributed by atoms with Gasteiger partial charge in [-0.3, -0.25) is 4.79 Å². The Bertz CT molecular complexity index is 382. The molecule has 4 nitrogen and oxygen atoms in total. The van der Waals surface area contributed by atoms with Crippen LogP contribution in [0.25, 0.3) is 0 Å². The predicted molar refractivity (Wildman–Crippen MR) is 70.4 cm³/mol. The van der Waals surface area contributed by atoms with E-state index < -0.39 is 0 Å². The molecule has 1 aromatic rings. The Morgan fingerprint density at radius 1 is 1.35 bits per heavy atom. The molecule has 0 saturated heterocycles. The Balaban J connectivity index is 2.41. The van der Waals surface area contributed by atoms with Crippen molar-refractivity contribution in [2.45, 2.75) is 12.8 Å².